The molecule has 0 amide bonds. The average Bonchev–Trinajstić information content (AvgIpc) is 2.43. The van der Waals surface area contributed by atoms with Gasteiger partial charge in [-0.3, -0.25) is 4.84 Å². The molecular formula is C9H19NO. The fourth-order valence-electron chi connectivity index (χ4n) is 1.64. The van der Waals surface area contributed by atoms with Crippen molar-refractivity contribution < 1.29 is 4.84 Å². The normalized spacial score (nSPS) is 21.3. The maximum atomic E-state index is 5.27. The lowest BCUT2D eigenvalue weighted by Crippen LogP contribution is -2.20. The van der Waals surface area contributed by atoms with E-state index >= 15 is 0 Å². The molecule has 0 aromatic rings. The summed E-state index contributed by atoms with van der Waals surface area (Å²) in [7, 11) is 0. The third kappa shape index (κ3) is 2.80. The maximum absolute atomic E-state index is 5.27. The fourth-order valence-corrected chi connectivity index (χ4v) is 1.64. The van der Waals surface area contributed by atoms with Gasteiger partial charge in [0.2, 0.25) is 0 Å². The Balaban J connectivity index is 2.29. The zero-order chi connectivity index (χ0) is 8.48. The lowest BCUT2D eigenvalue weighted by Gasteiger charge is -2.13. The Morgan fingerprint density at radius 1 is 1.09 bits per heavy atom. The molecule has 1 aliphatic heterocycles. The van der Waals surface area contributed by atoms with Crippen LogP contribution in [0.1, 0.15) is 40.5 Å². The zero-order valence-corrected chi connectivity index (χ0v) is 7.98. The molecule has 1 rings (SSSR count). The minimum Gasteiger partial charge on any atom is -0.275 e. The Morgan fingerprint density at radius 2 is 1.45 bits per heavy atom. The molecule has 0 unspecified atom stereocenters. The van der Waals surface area contributed by atoms with Crippen molar-refractivity contribution in [1.29, 1.82) is 0 Å². The van der Waals surface area contributed by atoms with E-state index in [0.717, 1.165) is 12.8 Å². The van der Waals surface area contributed by atoms with Gasteiger partial charge in [0.25, 0.3) is 0 Å². The zero-order valence-electron chi connectivity index (χ0n) is 7.98. The van der Waals surface area contributed by atoms with Gasteiger partial charge in [0.15, 0.2) is 5.72 Å². The van der Waals surface area contributed by atoms with Crippen molar-refractivity contribution in [1.82, 2.24) is 5.48 Å². The molecule has 2 nitrogen and oxygen atoms in total. The van der Waals surface area contributed by atoms with Crippen LogP contribution in [0.2, 0.25) is 0 Å². The van der Waals surface area contributed by atoms with Crippen LogP contribution in [0.15, 0.2) is 0 Å². The van der Waals surface area contributed by atoms with Gasteiger partial charge in [-0.25, -0.2) is 0 Å². The Bertz CT molecular complexity index is 116. The predicted molar refractivity (Wildman–Crippen MR) is 45.9 cm³/mol. The van der Waals surface area contributed by atoms with Crippen LogP contribution in [0.25, 0.3) is 0 Å². The van der Waals surface area contributed by atoms with Crippen LogP contribution in [-0.4, -0.2) is 5.72 Å². The molecule has 0 atom stereocenters. The second kappa shape index (κ2) is 3.11. The second-order valence-electron chi connectivity index (χ2n) is 4.39. The van der Waals surface area contributed by atoms with E-state index in [1.165, 1.54) is 0 Å². The Kier molecular flexibility index (Phi) is 2.55. The molecule has 66 valence electrons. The van der Waals surface area contributed by atoms with Crippen molar-refractivity contribution in [3.63, 3.8) is 0 Å². The van der Waals surface area contributed by atoms with E-state index in [9.17, 15) is 0 Å². The summed E-state index contributed by atoms with van der Waals surface area (Å²) in [5.74, 6) is 1.42. The summed E-state index contributed by atoms with van der Waals surface area (Å²) >= 11 is 0. The standard InChI is InChI=1S/C9H19NO/c1-7(2)5-9(10-11-9)6-8(3)4/h7-8,10H,5-6H2,1-4H3. The van der Waals surface area contributed by atoms with E-state index < -0.39 is 0 Å². The van der Waals surface area contributed by atoms with E-state index in [-0.39, 0.29) is 5.72 Å². The van der Waals surface area contributed by atoms with Gasteiger partial charge in [0.1, 0.15) is 0 Å². The van der Waals surface area contributed by atoms with Gasteiger partial charge in [-0.15, -0.1) is 0 Å². The van der Waals surface area contributed by atoms with Crippen molar-refractivity contribution in [3.05, 3.63) is 0 Å². The molecule has 1 fully saturated rings. The van der Waals surface area contributed by atoms with Gasteiger partial charge in [-0.05, 0) is 24.7 Å². The lowest BCUT2D eigenvalue weighted by molar-refractivity contribution is 0.226. The highest BCUT2D eigenvalue weighted by molar-refractivity contribution is 4.85. The first kappa shape index (κ1) is 9.01. The molecule has 1 heterocycles. The molecule has 0 spiro atoms. The summed E-state index contributed by atoms with van der Waals surface area (Å²) in [5.41, 5.74) is 3.05. The molecule has 11 heavy (non-hydrogen) atoms. The molecule has 2 heteroatoms. The molecule has 1 N–H and O–H groups in total. The molecule has 1 saturated heterocycles. The Labute approximate surface area is 69.3 Å². The quantitative estimate of drug-likeness (QED) is 0.635. The highest BCUT2D eigenvalue weighted by Crippen LogP contribution is 2.34. The van der Waals surface area contributed by atoms with Gasteiger partial charge in [-0.2, -0.15) is 5.48 Å². The van der Waals surface area contributed by atoms with Crippen molar-refractivity contribution in [2.24, 2.45) is 11.8 Å². The van der Waals surface area contributed by atoms with Crippen molar-refractivity contribution in [3.8, 4) is 0 Å². The van der Waals surface area contributed by atoms with Gasteiger partial charge in [-0.1, -0.05) is 27.7 Å². The monoisotopic (exact) mass is 157 g/mol. The topological polar surface area (TPSA) is 34.5 Å². The third-order valence-corrected chi connectivity index (χ3v) is 1.87. The minimum atomic E-state index is 0.0440. The van der Waals surface area contributed by atoms with Crippen LogP contribution >= 0.6 is 0 Å². The summed E-state index contributed by atoms with van der Waals surface area (Å²) < 4.78 is 0. The third-order valence-electron chi connectivity index (χ3n) is 1.87. The summed E-state index contributed by atoms with van der Waals surface area (Å²) in [6.07, 6.45) is 2.26. The first-order valence-corrected chi connectivity index (χ1v) is 4.49. The largest absolute Gasteiger partial charge is 0.275 e. The molecule has 0 radical (unpaired) electrons. The smallest absolute Gasteiger partial charge is 0.162 e. The average molecular weight is 157 g/mol. The number of rotatable bonds is 4. The van der Waals surface area contributed by atoms with E-state index in [1.54, 1.807) is 0 Å². The fraction of sp³-hybridized carbons (Fsp3) is 1.00. The minimum absolute atomic E-state index is 0.0440. The van der Waals surface area contributed by atoms with E-state index in [2.05, 4.69) is 33.2 Å². The van der Waals surface area contributed by atoms with Crippen LogP contribution in [0.4, 0.5) is 0 Å². The molecule has 0 aromatic heterocycles. The van der Waals surface area contributed by atoms with Crippen LogP contribution in [0.3, 0.4) is 0 Å². The van der Waals surface area contributed by atoms with Crippen LogP contribution in [0, 0.1) is 11.8 Å². The summed E-state index contributed by atoms with van der Waals surface area (Å²) in [4.78, 5) is 5.27. The van der Waals surface area contributed by atoms with Gasteiger partial charge in [0.05, 0.1) is 0 Å². The summed E-state index contributed by atoms with van der Waals surface area (Å²) in [6, 6.07) is 0. The number of hydrogen-bond donors (Lipinski definition) is 1. The first-order valence-electron chi connectivity index (χ1n) is 4.49. The Hall–Kier alpha value is -0.0800. The molecular weight excluding hydrogens is 138 g/mol. The summed E-state index contributed by atoms with van der Waals surface area (Å²) in [6.45, 7) is 8.91. The molecule has 1 aliphatic rings. The van der Waals surface area contributed by atoms with E-state index in [0.29, 0.717) is 11.8 Å². The van der Waals surface area contributed by atoms with E-state index in [4.69, 9.17) is 4.84 Å². The second-order valence-corrected chi connectivity index (χ2v) is 4.39. The number of hydrogen-bond acceptors (Lipinski definition) is 2. The van der Waals surface area contributed by atoms with E-state index in [1.807, 2.05) is 0 Å². The van der Waals surface area contributed by atoms with Crippen LogP contribution in [0.5, 0.6) is 0 Å². The molecule has 0 aromatic carbocycles. The summed E-state index contributed by atoms with van der Waals surface area (Å²) in [5, 5.41) is 0. The Morgan fingerprint density at radius 3 is 1.64 bits per heavy atom. The molecule has 0 saturated carbocycles. The van der Waals surface area contributed by atoms with Gasteiger partial charge < -0.3 is 0 Å². The van der Waals surface area contributed by atoms with Crippen molar-refractivity contribution in [2.45, 2.75) is 46.3 Å². The lowest BCUT2D eigenvalue weighted by atomic mass is 9.94. The highest BCUT2D eigenvalue weighted by atomic mass is 16.8. The highest BCUT2D eigenvalue weighted by Gasteiger charge is 2.45. The van der Waals surface area contributed by atoms with Crippen LogP contribution < -0.4 is 5.48 Å². The van der Waals surface area contributed by atoms with Crippen LogP contribution in [-0.2, 0) is 4.84 Å². The SMILES string of the molecule is CC(C)CC1(CC(C)C)NO1. The van der Waals surface area contributed by atoms with Crippen molar-refractivity contribution >= 4 is 0 Å². The molecule has 0 aliphatic carbocycles. The van der Waals surface area contributed by atoms with Gasteiger partial charge in [0, 0.05) is 0 Å². The molecule has 0 bridgehead atoms. The predicted octanol–water partition coefficient (Wildman–Crippen LogP) is 2.31. The van der Waals surface area contributed by atoms with Crippen molar-refractivity contribution in [2.75, 3.05) is 0 Å². The van der Waals surface area contributed by atoms with Gasteiger partial charge >= 0.3 is 0 Å². The first-order chi connectivity index (χ1) is 5.04. The number of nitrogens with one attached hydrogen (secondary N) is 1. The number of hydroxylamine groups is 1. The maximum Gasteiger partial charge on any atom is 0.162 e.